The molecule has 0 spiro atoms. The van der Waals surface area contributed by atoms with Crippen molar-refractivity contribution in [2.24, 2.45) is 17.3 Å². The van der Waals surface area contributed by atoms with Crippen LogP contribution in [-0.4, -0.2) is 0 Å². The molecule has 0 heteroatoms. The number of hydrogen-bond donors (Lipinski definition) is 0. The normalized spacial score (nSPS) is 32.6. The zero-order chi connectivity index (χ0) is 10.6. The van der Waals surface area contributed by atoms with Crippen molar-refractivity contribution in [3.05, 3.63) is 0 Å². The Morgan fingerprint density at radius 2 is 2.00 bits per heavy atom. The van der Waals surface area contributed by atoms with E-state index in [1.54, 1.807) is 0 Å². The average Bonchev–Trinajstić information content (AvgIpc) is 2.22. The van der Waals surface area contributed by atoms with Crippen molar-refractivity contribution in [1.82, 2.24) is 0 Å². The highest BCUT2D eigenvalue weighted by Crippen LogP contribution is 2.40. The van der Waals surface area contributed by atoms with Crippen LogP contribution in [0.15, 0.2) is 0 Å². The van der Waals surface area contributed by atoms with Crippen LogP contribution in [0.5, 0.6) is 0 Å². The van der Waals surface area contributed by atoms with E-state index in [-0.39, 0.29) is 0 Å². The monoisotopic (exact) mass is 196 g/mol. The van der Waals surface area contributed by atoms with Gasteiger partial charge in [-0.25, -0.2) is 0 Å². The van der Waals surface area contributed by atoms with Crippen LogP contribution < -0.4 is 0 Å². The summed E-state index contributed by atoms with van der Waals surface area (Å²) in [6, 6.07) is 0. The van der Waals surface area contributed by atoms with Gasteiger partial charge in [-0.3, -0.25) is 0 Å². The summed E-state index contributed by atoms with van der Waals surface area (Å²) in [5.74, 6) is 1.99. The van der Waals surface area contributed by atoms with E-state index >= 15 is 0 Å². The first-order chi connectivity index (χ1) is 6.53. The van der Waals surface area contributed by atoms with Crippen LogP contribution in [0.2, 0.25) is 0 Å². The molecule has 0 radical (unpaired) electrons. The van der Waals surface area contributed by atoms with Crippen molar-refractivity contribution in [2.75, 3.05) is 0 Å². The third kappa shape index (κ3) is 4.02. The number of rotatable bonds is 3. The molecule has 0 aliphatic heterocycles. The Hall–Kier alpha value is 0. The molecular weight excluding hydrogens is 168 g/mol. The van der Waals surface area contributed by atoms with E-state index in [0.29, 0.717) is 5.41 Å². The van der Waals surface area contributed by atoms with Crippen molar-refractivity contribution in [1.29, 1.82) is 0 Å². The Labute approximate surface area is 90.5 Å². The Morgan fingerprint density at radius 1 is 1.29 bits per heavy atom. The zero-order valence-electron chi connectivity index (χ0n) is 10.6. The molecule has 1 aliphatic rings. The van der Waals surface area contributed by atoms with E-state index in [1.807, 2.05) is 0 Å². The molecule has 14 heavy (non-hydrogen) atoms. The summed E-state index contributed by atoms with van der Waals surface area (Å²) in [6.07, 6.45) is 10.1. The predicted octanol–water partition coefficient (Wildman–Crippen LogP) is 5.03. The highest BCUT2D eigenvalue weighted by atomic mass is 14.3. The summed E-state index contributed by atoms with van der Waals surface area (Å²) in [5, 5.41) is 0. The maximum Gasteiger partial charge on any atom is -0.0351 e. The van der Waals surface area contributed by atoms with E-state index in [0.717, 1.165) is 11.8 Å². The smallest absolute Gasteiger partial charge is 0.0351 e. The van der Waals surface area contributed by atoms with E-state index in [1.165, 1.54) is 44.9 Å². The molecule has 0 N–H and O–H groups in total. The van der Waals surface area contributed by atoms with Crippen molar-refractivity contribution in [2.45, 2.75) is 72.6 Å². The average molecular weight is 196 g/mol. The van der Waals surface area contributed by atoms with Gasteiger partial charge in [0.25, 0.3) is 0 Å². The van der Waals surface area contributed by atoms with Gasteiger partial charge in [0.15, 0.2) is 0 Å². The van der Waals surface area contributed by atoms with Crippen molar-refractivity contribution in [3.8, 4) is 0 Å². The largest absolute Gasteiger partial charge is 0.0654 e. The third-order valence-electron chi connectivity index (χ3n) is 3.86. The molecule has 0 aromatic carbocycles. The summed E-state index contributed by atoms with van der Waals surface area (Å²) >= 11 is 0. The van der Waals surface area contributed by atoms with Crippen LogP contribution in [-0.2, 0) is 0 Å². The maximum absolute atomic E-state index is 2.46. The van der Waals surface area contributed by atoms with Crippen LogP contribution in [0, 0.1) is 17.3 Å². The first-order valence-corrected chi connectivity index (χ1v) is 6.53. The van der Waals surface area contributed by atoms with Gasteiger partial charge in [-0.1, -0.05) is 53.4 Å². The lowest BCUT2D eigenvalue weighted by Gasteiger charge is -2.26. The minimum absolute atomic E-state index is 0.614. The molecule has 0 amide bonds. The first-order valence-electron chi connectivity index (χ1n) is 6.53. The number of unbranched alkanes of at least 4 members (excludes halogenated alkanes) is 1. The third-order valence-corrected chi connectivity index (χ3v) is 3.86. The molecular formula is C14H28. The molecule has 1 fully saturated rings. The summed E-state index contributed by atoms with van der Waals surface area (Å²) in [7, 11) is 0. The Kier molecular flexibility index (Phi) is 4.47. The summed E-state index contributed by atoms with van der Waals surface area (Å²) in [4.78, 5) is 0. The molecule has 0 aromatic rings. The fraction of sp³-hybridized carbons (Fsp3) is 1.00. The molecule has 1 aliphatic carbocycles. The molecule has 1 saturated carbocycles. The minimum atomic E-state index is 0.614. The standard InChI is InChI=1S/C14H28/c1-5-6-7-13-10-12(2)8-9-14(3,4)11-13/h12-13H,5-11H2,1-4H3. The minimum Gasteiger partial charge on any atom is -0.0654 e. The van der Waals surface area contributed by atoms with E-state index in [9.17, 15) is 0 Å². The van der Waals surface area contributed by atoms with Crippen LogP contribution in [0.25, 0.3) is 0 Å². The molecule has 0 heterocycles. The second-order valence-electron chi connectivity index (χ2n) is 6.26. The second-order valence-corrected chi connectivity index (χ2v) is 6.26. The van der Waals surface area contributed by atoms with E-state index < -0.39 is 0 Å². The molecule has 2 unspecified atom stereocenters. The van der Waals surface area contributed by atoms with E-state index in [2.05, 4.69) is 27.7 Å². The van der Waals surface area contributed by atoms with Gasteiger partial charge in [0.2, 0.25) is 0 Å². The van der Waals surface area contributed by atoms with Gasteiger partial charge in [-0.2, -0.15) is 0 Å². The van der Waals surface area contributed by atoms with Gasteiger partial charge in [0, 0.05) is 0 Å². The van der Waals surface area contributed by atoms with Gasteiger partial charge >= 0.3 is 0 Å². The summed E-state index contributed by atoms with van der Waals surface area (Å²) in [6.45, 7) is 9.68. The maximum atomic E-state index is 2.46. The number of hydrogen-bond acceptors (Lipinski definition) is 0. The van der Waals surface area contributed by atoms with Gasteiger partial charge < -0.3 is 0 Å². The van der Waals surface area contributed by atoms with Gasteiger partial charge in [-0.15, -0.1) is 0 Å². The lowest BCUT2D eigenvalue weighted by Crippen LogP contribution is -2.14. The van der Waals surface area contributed by atoms with Gasteiger partial charge in [0.1, 0.15) is 0 Å². The SMILES string of the molecule is CCCCC1CC(C)CCC(C)(C)C1. The summed E-state index contributed by atoms with van der Waals surface area (Å²) in [5.41, 5.74) is 0.614. The Morgan fingerprint density at radius 3 is 2.64 bits per heavy atom. The van der Waals surface area contributed by atoms with Crippen LogP contribution in [0.1, 0.15) is 72.6 Å². The second kappa shape index (κ2) is 5.19. The molecule has 0 saturated heterocycles. The predicted molar refractivity (Wildman–Crippen MR) is 64.4 cm³/mol. The lowest BCUT2D eigenvalue weighted by molar-refractivity contribution is 0.255. The molecule has 0 aromatic heterocycles. The van der Waals surface area contributed by atoms with Crippen LogP contribution in [0.4, 0.5) is 0 Å². The molecule has 0 nitrogen and oxygen atoms in total. The molecule has 2 atom stereocenters. The highest BCUT2D eigenvalue weighted by molar-refractivity contribution is 4.79. The van der Waals surface area contributed by atoms with Gasteiger partial charge in [-0.05, 0) is 36.5 Å². The topological polar surface area (TPSA) is 0 Å². The lowest BCUT2D eigenvalue weighted by atomic mass is 9.80. The van der Waals surface area contributed by atoms with Crippen LogP contribution >= 0.6 is 0 Å². The zero-order valence-corrected chi connectivity index (χ0v) is 10.6. The van der Waals surface area contributed by atoms with Crippen molar-refractivity contribution in [3.63, 3.8) is 0 Å². The van der Waals surface area contributed by atoms with Crippen molar-refractivity contribution < 1.29 is 0 Å². The van der Waals surface area contributed by atoms with Crippen LogP contribution in [0.3, 0.4) is 0 Å². The fourth-order valence-corrected chi connectivity index (χ4v) is 3.00. The summed E-state index contributed by atoms with van der Waals surface area (Å²) < 4.78 is 0. The Balaban J connectivity index is 2.46. The van der Waals surface area contributed by atoms with E-state index in [4.69, 9.17) is 0 Å². The fourth-order valence-electron chi connectivity index (χ4n) is 3.00. The van der Waals surface area contributed by atoms with Gasteiger partial charge in [0.05, 0.1) is 0 Å². The molecule has 1 rings (SSSR count). The molecule has 84 valence electrons. The Bertz CT molecular complexity index is 157. The first kappa shape index (κ1) is 12.1. The van der Waals surface area contributed by atoms with Crippen molar-refractivity contribution >= 4 is 0 Å². The quantitative estimate of drug-likeness (QED) is 0.555. The highest BCUT2D eigenvalue weighted by Gasteiger charge is 2.28. The molecule has 0 bridgehead atoms.